The van der Waals surface area contributed by atoms with Gasteiger partial charge in [-0.1, -0.05) is 32.0 Å². The van der Waals surface area contributed by atoms with E-state index in [9.17, 15) is 21.6 Å². The molecule has 0 aliphatic carbocycles. The van der Waals surface area contributed by atoms with Gasteiger partial charge in [-0.2, -0.15) is 18.3 Å². The molecule has 0 fully saturated rings. The molecule has 0 saturated heterocycles. The number of nitrogens with one attached hydrogen (secondary N) is 1. The fourth-order valence-corrected chi connectivity index (χ4v) is 5.76. The lowest BCUT2D eigenvalue weighted by Crippen LogP contribution is -2.31. The Hall–Kier alpha value is -3.93. The molecule has 1 aliphatic heterocycles. The molecule has 7 nitrogen and oxygen atoms in total. The van der Waals surface area contributed by atoms with Gasteiger partial charge in [-0.25, -0.2) is 17.8 Å². The number of hydrogen-bond acceptors (Lipinski definition) is 5. The number of sulfonamides is 1. The third-order valence-electron chi connectivity index (χ3n) is 6.35. The molecule has 0 saturated carbocycles. The summed E-state index contributed by atoms with van der Waals surface area (Å²) in [6.07, 6.45) is -1.71. The lowest BCUT2D eigenvalue weighted by atomic mass is 10.0. The van der Waals surface area contributed by atoms with Gasteiger partial charge in [-0.15, -0.1) is 0 Å². The van der Waals surface area contributed by atoms with Crippen LogP contribution in [0.2, 0.25) is 0 Å². The molecule has 198 valence electrons. The Kier molecular flexibility index (Phi) is 6.17. The maximum atomic E-state index is 16.2. The van der Waals surface area contributed by atoms with Gasteiger partial charge in [0.15, 0.2) is 5.82 Å². The van der Waals surface area contributed by atoms with Crippen molar-refractivity contribution in [3.05, 3.63) is 83.6 Å². The Balaban J connectivity index is 1.72. The zero-order valence-corrected chi connectivity index (χ0v) is 21.4. The van der Waals surface area contributed by atoms with Crippen LogP contribution in [-0.4, -0.2) is 23.2 Å². The first-order valence-corrected chi connectivity index (χ1v) is 13.1. The van der Waals surface area contributed by atoms with Crippen LogP contribution in [0, 0.1) is 5.82 Å². The van der Waals surface area contributed by atoms with E-state index >= 15 is 4.39 Å². The number of nitrogens with zero attached hydrogens (tertiary/aromatic N) is 4. The predicted molar refractivity (Wildman–Crippen MR) is 135 cm³/mol. The summed E-state index contributed by atoms with van der Waals surface area (Å²) in [6.45, 7) is 3.49. The molecule has 0 unspecified atom stereocenters. The van der Waals surface area contributed by atoms with Crippen molar-refractivity contribution in [2.45, 2.75) is 37.4 Å². The van der Waals surface area contributed by atoms with Crippen LogP contribution >= 0.6 is 0 Å². The summed E-state index contributed by atoms with van der Waals surface area (Å²) in [7, 11) is -2.70. The number of benzene rings is 2. The molecule has 1 N–H and O–H groups in total. The summed E-state index contributed by atoms with van der Waals surface area (Å²) in [5.41, 5.74) is 0.0434. The van der Waals surface area contributed by atoms with E-state index in [1.54, 1.807) is 25.4 Å². The van der Waals surface area contributed by atoms with E-state index in [4.69, 9.17) is 0 Å². The van der Waals surface area contributed by atoms with E-state index in [-0.39, 0.29) is 39.1 Å². The van der Waals surface area contributed by atoms with Gasteiger partial charge in [0.1, 0.15) is 17.2 Å². The Labute approximate surface area is 216 Å². The van der Waals surface area contributed by atoms with Crippen molar-refractivity contribution in [1.29, 1.82) is 0 Å². The van der Waals surface area contributed by atoms with Crippen LogP contribution < -0.4 is 9.62 Å². The zero-order valence-electron chi connectivity index (χ0n) is 20.6. The summed E-state index contributed by atoms with van der Waals surface area (Å²) < 4.78 is 86.5. The molecule has 12 heteroatoms. The third-order valence-corrected chi connectivity index (χ3v) is 8.11. The smallest absolute Gasteiger partial charge is 0.338 e. The minimum Gasteiger partial charge on any atom is -0.338 e. The summed E-state index contributed by atoms with van der Waals surface area (Å²) in [5, 5.41) is 6.79. The molecule has 0 atom stereocenters. The fraction of sp³-hybridized carbons (Fsp3) is 0.231. The highest BCUT2D eigenvalue weighted by atomic mass is 32.2. The molecule has 5 rings (SSSR count). The molecule has 2 aromatic heterocycles. The largest absolute Gasteiger partial charge is 0.433 e. The van der Waals surface area contributed by atoms with Gasteiger partial charge in [-0.3, -0.25) is 8.99 Å². The van der Waals surface area contributed by atoms with Crippen molar-refractivity contribution in [1.82, 2.24) is 14.8 Å². The molecule has 0 amide bonds. The minimum absolute atomic E-state index is 0.0388. The SMILES string of the molecule is CC(C)c1ccc(S(=O)(=O)N2Cc3ccc(C(F)(F)F)nc3Nc3ccc(-c4cnn(C)c4)c(F)c32)cc1. The van der Waals surface area contributed by atoms with Gasteiger partial charge in [0.2, 0.25) is 0 Å². The van der Waals surface area contributed by atoms with Crippen LogP contribution in [0.5, 0.6) is 0 Å². The Morgan fingerprint density at radius 2 is 1.74 bits per heavy atom. The van der Waals surface area contributed by atoms with Gasteiger partial charge < -0.3 is 5.32 Å². The van der Waals surface area contributed by atoms with Crippen LogP contribution in [0.3, 0.4) is 0 Å². The summed E-state index contributed by atoms with van der Waals surface area (Å²) >= 11 is 0. The van der Waals surface area contributed by atoms with Crippen molar-refractivity contribution in [3.63, 3.8) is 0 Å². The van der Waals surface area contributed by atoms with Crippen LogP contribution in [0.15, 0.2) is 65.8 Å². The molecule has 0 spiro atoms. The van der Waals surface area contributed by atoms with Crippen LogP contribution in [0.4, 0.5) is 34.8 Å². The number of aromatic nitrogens is 3. The number of aryl methyl sites for hydroxylation is 1. The highest BCUT2D eigenvalue weighted by molar-refractivity contribution is 7.92. The Morgan fingerprint density at radius 1 is 1.03 bits per heavy atom. The highest BCUT2D eigenvalue weighted by Gasteiger charge is 2.37. The van der Waals surface area contributed by atoms with Crippen LogP contribution in [-0.2, 0) is 29.8 Å². The number of rotatable bonds is 4. The molecule has 0 radical (unpaired) electrons. The Bertz CT molecular complexity index is 1630. The first kappa shape index (κ1) is 25.7. The second-order valence-electron chi connectivity index (χ2n) is 9.29. The van der Waals surface area contributed by atoms with Gasteiger partial charge in [-0.05, 0) is 41.8 Å². The molecule has 0 bridgehead atoms. The number of alkyl halides is 3. The fourth-order valence-electron chi connectivity index (χ4n) is 4.29. The first-order chi connectivity index (χ1) is 17.9. The topological polar surface area (TPSA) is 80.1 Å². The second kappa shape index (κ2) is 9.12. The lowest BCUT2D eigenvalue weighted by Gasteiger charge is -2.26. The summed E-state index contributed by atoms with van der Waals surface area (Å²) in [5.74, 6) is -0.910. The number of hydrogen-bond donors (Lipinski definition) is 1. The number of anilines is 3. The Morgan fingerprint density at radius 3 is 2.34 bits per heavy atom. The average molecular weight is 546 g/mol. The number of fused-ring (bicyclic) bond motifs is 2. The lowest BCUT2D eigenvalue weighted by molar-refractivity contribution is -0.141. The molecule has 1 aliphatic rings. The summed E-state index contributed by atoms with van der Waals surface area (Å²) in [4.78, 5) is 3.60. The maximum Gasteiger partial charge on any atom is 0.433 e. The maximum absolute atomic E-state index is 16.2. The normalized spacial score (nSPS) is 13.6. The van der Waals surface area contributed by atoms with Crippen LogP contribution in [0.1, 0.15) is 36.6 Å². The van der Waals surface area contributed by atoms with Gasteiger partial charge in [0.25, 0.3) is 10.0 Å². The van der Waals surface area contributed by atoms with Crippen molar-refractivity contribution in [2.24, 2.45) is 7.05 Å². The van der Waals surface area contributed by atoms with Crippen molar-refractivity contribution >= 4 is 27.2 Å². The van der Waals surface area contributed by atoms with Gasteiger partial charge in [0.05, 0.1) is 23.3 Å². The van der Waals surface area contributed by atoms with E-state index in [0.717, 1.165) is 22.0 Å². The average Bonchev–Trinajstić information content (AvgIpc) is 3.20. The van der Waals surface area contributed by atoms with Crippen molar-refractivity contribution in [2.75, 3.05) is 9.62 Å². The standard InChI is InChI=1S/C26H23F4N5O2S/c1-15(2)16-4-7-19(8-5-16)38(36,37)35-14-17-6-11-22(26(28,29)30)33-25(17)32-21-10-9-20(23(27)24(21)35)18-12-31-34(3)13-18/h4-13,15H,14H2,1-3H3,(H,32,33). The van der Waals surface area contributed by atoms with E-state index < -0.39 is 34.3 Å². The zero-order chi connectivity index (χ0) is 27.4. The molecule has 4 aromatic rings. The van der Waals surface area contributed by atoms with Gasteiger partial charge in [0, 0.05) is 29.9 Å². The first-order valence-electron chi connectivity index (χ1n) is 11.6. The third kappa shape index (κ3) is 4.49. The predicted octanol–water partition coefficient (Wildman–Crippen LogP) is 6.22. The number of pyridine rings is 1. The van der Waals surface area contributed by atoms with Crippen molar-refractivity contribution < 1.29 is 26.0 Å². The van der Waals surface area contributed by atoms with Crippen LogP contribution in [0.25, 0.3) is 11.1 Å². The van der Waals surface area contributed by atoms with Crippen molar-refractivity contribution in [3.8, 4) is 11.1 Å². The van der Waals surface area contributed by atoms with E-state index in [1.807, 2.05) is 13.8 Å². The minimum atomic E-state index is -4.72. The van der Waals surface area contributed by atoms with Gasteiger partial charge >= 0.3 is 6.18 Å². The second-order valence-corrected chi connectivity index (χ2v) is 11.2. The molecule has 3 heterocycles. The highest BCUT2D eigenvalue weighted by Crippen LogP contribution is 2.44. The number of halogens is 4. The molecule has 2 aromatic carbocycles. The molecule has 38 heavy (non-hydrogen) atoms. The van der Waals surface area contributed by atoms with E-state index in [0.29, 0.717) is 5.56 Å². The monoisotopic (exact) mass is 545 g/mol. The quantitative estimate of drug-likeness (QED) is 0.308. The summed E-state index contributed by atoms with van der Waals surface area (Å²) in [6, 6.07) is 11.0. The molecular weight excluding hydrogens is 522 g/mol. The molecular formula is C26H23F4N5O2S. The van der Waals surface area contributed by atoms with E-state index in [1.165, 1.54) is 35.1 Å². The van der Waals surface area contributed by atoms with E-state index in [2.05, 4.69) is 15.4 Å².